The summed E-state index contributed by atoms with van der Waals surface area (Å²) in [5.41, 5.74) is 0.701. The molecule has 4 nitrogen and oxygen atoms in total. The van der Waals surface area contributed by atoms with Crippen LogP contribution >= 0.6 is 0 Å². The summed E-state index contributed by atoms with van der Waals surface area (Å²) in [6.45, 7) is 3.43. The van der Waals surface area contributed by atoms with Gasteiger partial charge >= 0.3 is 0 Å². The number of hydrogen-bond acceptors (Lipinski definition) is 3. The number of sulfonamides is 1. The third kappa shape index (κ3) is 3.32. The minimum absolute atomic E-state index is 0.138. The Morgan fingerprint density at radius 3 is 2.95 bits per heavy atom. The molecule has 0 bridgehead atoms. The molecule has 0 amide bonds. The van der Waals surface area contributed by atoms with E-state index >= 15 is 0 Å². The molecule has 1 saturated heterocycles. The maximum Gasteiger partial charge on any atom is 0.214 e. The minimum Gasteiger partial charge on any atom is -0.313 e. The van der Waals surface area contributed by atoms with Gasteiger partial charge in [-0.25, -0.2) is 12.8 Å². The van der Waals surface area contributed by atoms with Crippen molar-refractivity contribution in [1.29, 1.82) is 0 Å². The lowest BCUT2D eigenvalue weighted by Crippen LogP contribution is -2.49. The first-order valence-corrected chi connectivity index (χ1v) is 8.11. The Morgan fingerprint density at radius 1 is 1.47 bits per heavy atom. The fraction of sp³-hybridized carbons (Fsp3) is 0.538. The molecule has 1 aliphatic heterocycles. The lowest BCUT2D eigenvalue weighted by Gasteiger charge is -2.35. The van der Waals surface area contributed by atoms with E-state index in [2.05, 4.69) is 5.32 Å². The number of nitrogens with zero attached hydrogens (tertiary/aromatic N) is 1. The largest absolute Gasteiger partial charge is 0.313 e. The van der Waals surface area contributed by atoms with Crippen LogP contribution in [-0.4, -0.2) is 38.1 Å². The maximum absolute atomic E-state index is 13.3. The van der Waals surface area contributed by atoms with Crippen molar-refractivity contribution in [3.8, 4) is 0 Å². The van der Waals surface area contributed by atoms with E-state index in [0.29, 0.717) is 31.6 Å². The summed E-state index contributed by atoms with van der Waals surface area (Å²) in [7, 11) is -3.27. The average molecular weight is 286 g/mol. The van der Waals surface area contributed by atoms with Crippen molar-refractivity contribution in [2.45, 2.75) is 19.4 Å². The van der Waals surface area contributed by atoms with E-state index in [9.17, 15) is 12.8 Å². The molecule has 1 N–H and O–H groups in total. The van der Waals surface area contributed by atoms with E-state index in [-0.39, 0.29) is 17.6 Å². The molecule has 19 heavy (non-hydrogen) atoms. The van der Waals surface area contributed by atoms with Gasteiger partial charge in [0.25, 0.3) is 0 Å². The zero-order valence-electron chi connectivity index (χ0n) is 11.0. The van der Waals surface area contributed by atoms with Crippen LogP contribution in [0.3, 0.4) is 0 Å². The summed E-state index contributed by atoms with van der Waals surface area (Å²) in [6, 6.07) is 5.84. The van der Waals surface area contributed by atoms with Gasteiger partial charge in [0.05, 0.1) is 11.8 Å². The molecule has 6 heteroatoms. The molecule has 2 rings (SSSR count). The van der Waals surface area contributed by atoms with Crippen LogP contribution in [0.15, 0.2) is 24.3 Å². The van der Waals surface area contributed by atoms with Gasteiger partial charge in [-0.2, -0.15) is 4.31 Å². The molecule has 1 aliphatic rings. The van der Waals surface area contributed by atoms with Crippen molar-refractivity contribution in [1.82, 2.24) is 9.62 Å². The van der Waals surface area contributed by atoms with Gasteiger partial charge in [0.15, 0.2) is 0 Å². The van der Waals surface area contributed by atoms with Gasteiger partial charge < -0.3 is 5.32 Å². The van der Waals surface area contributed by atoms with E-state index in [4.69, 9.17) is 0 Å². The highest BCUT2D eigenvalue weighted by Gasteiger charge is 2.32. The molecule has 1 heterocycles. The van der Waals surface area contributed by atoms with Crippen LogP contribution in [0.5, 0.6) is 0 Å². The summed E-state index contributed by atoms with van der Waals surface area (Å²) in [4.78, 5) is 0. The molecule has 0 radical (unpaired) electrons. The second-order valence-electron chi connectivity index (χ2n) is 4.70. The Hall–Kier alpha value is -0.980. The second-order valence-corrected chi connectivity index (χ2v) is 6.74. The van der Waals surface area contributed by atoms with Crippen molar-refractivity contribution < 1.29 is 12.8 Å². The Bertz CT molecular complexity index is 533. The maximum atomic E-state index is 13.3. The number of nitrogens with one attached hydrogen (secondary N) is 1. The van der Waals surface area contributed by atoms with Gasteiger partial charge in [0, 0.05) is 19.6 Å². The summed E-state index contributed by atoms with van der Waals surface area (Å²) < 4.78 is 39.3. The lowest BCUT2D eigenvalue weighted by molar-refractivity contribution is 0.271. The highest BCUT2D eigenvalue weighted by atomic mass is 32.2. The summed E-state index contributed by atoms with van der Waals surface area (Å²) in [5, 5.41) is 3.17. The standard InChI is InChI=1S/C13H19FN2O2S/c1-2-8-19(17,18)16-7-6-15-10-13(16)11-4-3-5-12(14)9-11/h3-5,9,13,15H,2,6-8,10H2,1H3. The van der Waals surface area contributed by atoms with Gasteiger partial charge in [0.1, 0.15) is 5.82 Å². The van der Waals surface area contributed by atoms with Gasteiger partial charge in [-0.1, -0.05) is 19.1 Å². The molecule has 0 aromatic heterocycles. The summed E-state index contributed by atoms with van der Waals surface area (Å²) >= 11 is 0. The van der Waals surface area contributed by atoms with Crippen molar-refractivity contribution in [3.63, 3.8) is 0 Å². The fourth-order valence-corrected chi connectivity index (χ4v) is 4.10. The van der Waals surface area contributed by atoms with Crippen LogP contribution in [-0.2, 0) is 10.0 Å². The first kappa shape index (κ1) is 14.4. The molecule has 1 atom stereocenters. The topological polar surface area (TPSA) is 49.4 Å². The van der Waals surface area contributed by atoms with Crippen molar-refractivity contribution in [2.24, 2.45) is 0 Å². The third-order valence-electron chi connectivity index (χ3n) is 3.25. The molecule has 1 aromatic rings. The van der Waals surface area contributed by atoms with Crippen LogP contribution in [0.25, 0.3) is 0 Å². The smallest absolute Gasteiger partial charge is 0.214 e. The van der Waals surface area contributed by atoms with Gasteiger partial charge in [-0.3, -0.25) is 0 Å². The average Bonchev–Trinajstić information content (AvgIpc) is 2.39. The van der Waals surface area contributed by atoms with Crippen LogP contribution in [0, 0.1) is 5.82 Å². The first-order valence-electron chi connectivity index (χ1n) is 6.50. The normalized spacial score (nSPS) is 21.5. The van der Waals surface area contributed by atoms with Crippen molar-refractivity contribution in [3.05, 3.63) is 35.6 Å². The quantitative estimate of drug-likeness (QED) is 0.913. The second kappa shape index (κ2) is 5.98. The van der Waals surface area contributed by atoms with Gasteiger partial charge in [-0.15, -0.1) is 0 Å². The number of hydrogen-bond donors (Lipinski definition) is 1. The molecule has 0 aliphatic carbocycles. The van der Waals surface area contributed by atoms with Crippen LogP contribution in [0.2, 0.25) is 0 Å². The van der Waals surface area contributed by atoms with Crippen molar-refractivity contribution in [2.75, 3.05) is 25.4 Å². The molecule has 1 aromatic carbocycles. The number of rotatable bonds is 4. The predicted molar refractivity (Wildman–Crippen MR) is 72.8 cm³/mol. The SMILES string of the molecule is CCCS(=O)(=O)N1CCNCC1c1cccc(F)c1. The minimum atomic E-state index is -3.27. The first-order chi connectivity index (χ1) is 9.04. The van der Waals surface area contributed by atoms with Crippen LogP contribution in [0.1, 0.15) is 24.9 Å². The van der Waals surface area contributed by atoms with Crippen LogP contribution < -0.4 is 5.32 Å². The molecule has 0 saturated carbocycles. The Labute approximate surface area is 113 Å². The summed E-state index contributed by atoms with van der Waals surface area (Å²) in [5.74, 6) is -0.199. The van der Waals surface area contributed by atoms with E-state index in [1.54, 1.807) is 12.1 Å². The van der Waals surface area contributed by atoms with E-state index in [0.717, 1.165) is 0 Å². The zero-order valence-corrected chi connectivity index (χ0v) is 11.8. The highest BCUT2D eigenvalue weighted by Crippen LogP contribution is 2.26. The van der Waals surface area contributed by atoms with Gasteiger partial charge in [-0.05, 0) is 24.1 Å². The van der Waals surface area contributed by atoms with Crippen molar-refractivity contribution >= 4 is 10.0 Å². The molecule has 1 fully saturated rings. The molecular formula is C13H19FN2O2S. The summed E-state index contributed by atoms with van der Waals surface area (Å²) in [6.07, 6.45) is 0.585. The van der Waals surface area contributed by atoms with E-state index in [1.807, 2.05) is 6.92 Å². The zero-order chi connectivity index (χ0) is 13.9. The number of piperazine rings is 1. The number of halogens is 1. The molecule has 106 valence electrons. The fourth-order valence-electron chi connectivity index (χ4n) is 2.39. The Kier molecular flexibility index (Phi) is 4.54. The van der Waals surface area contributed by atoms with Crippen LogP contribution in [0.4, 0.5) is 4.39 Å². The van der Waals surface area contributed by atoms with E-state index < -0.39 is 10.0 Å². The van der Waals surface area contributed by atoms with Gasteiger partial charge in [0.2, 0.25) is 10.0 Å². The Morgan fingerprint density at radius 2 is 2.26 bits per heavy atom. The lowest BCUT2D eigenvalue weighted by atomic mass is 10.1. The highest BCUT2D eigenvalue weighted by molar-refractivity contribution is 7.89. The Balaban J connectivity index is 2.31. The molecule has 0 spiro atoms. The van der Waals surface area contributed by atoms with E-state index in [1.165, 1.54) is 16.4 Å². The number of benzene rings is 1. The third-order valence-corrected chi connectivity index (χ3v) is 5.32. The predicted octanol–water partition coefficient (Wildman–Crippen LogP) is 1.51. The monoisotopic (exact) mass is 286 g/mol. The molecular weight excluding hydrogens is 267 g/mol. The molecule has 1 unspecified atom stereocenters.